The topological polar surface area (TPSA) is 58.6 Å². The number of fused-ring (bicyclic) bond motifs is 1. The Labute approximate surface area is 253 Å². The first-order valence-electron chi connectivity index (χ1n) is 15.4. The van der Waals surface area contributed by atoms with Crippen molar-refractivity contribution in [3.63, 3.8) is 0 Å². The van der Waals surface area contributed by atoms with Crippen LogP contribution < -0.4 is 10.1 Å². The van der Waals surface area contributed by atoms with E-state index in [1.807, 2.05) is 47.4 Å². The molecular formula is C38H38N2O3. The molecule has 1 heterocycles. The monoisotopic (exact) mass is 570 g/mol. The molecule has 0 radical (unpaired) electrons. The van der Waals surface area contributed by atoms with E-state index in [2.05, 4.69) is 72.0 Å². The van der Waals surface area contributed by atoms with E-state index < -0.39 is 5.41 Å². The molecule has 2 bridgehead atoms. The minimum absolute atomic E-state index is 0.0330. The molecule has 0 aromatic heterocycles. The smallest absolute Gasteiger partial charge is 0.229 e. The standard InChI is InChI=1S/C38H38N2O3/c1-43-33-19-11-8-14-28(33)24-35(41)40-25-34-37(29-15-6-3-7-16-29)22-20-32(30-17-9-10-18-31(30)37)38(34,26-40)36(42)39-23-21-27-12-4-2-5-13-27/h2-19,32,34H,20-26H2,1H3,(H,39,42)/t32-,34+,37-,38+/m1/s1. The van der Waals surface area contributed by atoms with Gasteiger partial charge in [-0.3, -0.25) is 9.59 Å². The van der Waals surface area contributed by atoms with E-state index in [1.54, 1.807) is 7.11 Å². The third kappa shape index (κ3) is 4.36. The molecule has 4 atom stereocenters. The molecule has 4 aromatic rings. The number of hydrogen-bond acceptors (Lipinski definition) is 3. The number of carbonyl (C=O) groups is 2. The third-order valence-electron chi connectivity index (χ3n) is 10.5. The van der Waals surface area contributed by atoms with Crippen LogP contribution in [0.1, 0.15) is 46.6 Å². The molecule has 1 aliphatic heterocycles. The Balaban J connectivity index is 1.29. The van der Waals surface area contributed by atoms with Gasteiger partial charge in [-0.15, -0.1) is 0 Å². The summed E-state index contributed by atoms with van der Waals surface area (Å²) in [6.07, 6.45) is 2.91. The van der Waals surface area contributed by atoms with Crippen molar-refractivity contribution in [3.8, 4) is 5.75 Å². The minimum Gasteiger partial charge on any atom is -0.496 e. The number of likely N-dealkylation sites (tertiary alicyclic amines) is 1. The molecule has 2 amide bonds. The highest BCUT2D eigenvalue weighted by Crippen LogP contribution is 2.68. The number of carbonyl (C=O) groups excluding carboxylic acids is 2. The van der Waals surface area contributed by atoms with E-state index in [0.29, 0.717) is 25.4 Å². The number of nitrogens with zero attached hydrogens (tertiary/aromatic N) is 1. The second-order valence-electron chi connectivity index (χ2n) is 12.4. The van der Waals surface area contributed by atoms with Gasteiger partial charge < -0.3 is 15.0 Å². The summed E-state index contributed by atoms with van der Waals surface area (Å²) in [4.78, 5) is 30.8. The van der Waals surface area contributed by atoms with Crippen LogP contribution in [0.4, 0.5) is 0 Å². The first kappa shape index (κ1) is 27.5. The van der Waals surface area contributed by atoms with Crippen LogP contribution in [0, 0.1) is 11.3 Å². The van der Waals surface area contributed by atoms with Crippen LogP contribution in [0.3, 0.4) is 0 Å². The molecule has 1 saturated carbocycles. The zero-order chi connectivity index (χ0) is 29.4. The second-order valence-corrected chi connectivity index (χ2v) is 12.4. The Morgan fingerprint density at radius 1 is 0.884 bits per heavy atom. The predicted molar refractivity (Wildman–Crippen MR) is 168 cm³/mol. The molecule has 8 rings (SSSR count). The van der Waals surface area contributed by atoms with E-state index in [1.165, 1.54) is 22.3 Å². The highest BCUT2D eigenvalue weighted by atomic mass is 16.5. The van der Waals surface area contributed by atoms with Crippen molar-refractivity contribution in [2.24, 2.45) is 11.3 Å². The maximum Gasteiger partial charge on any atom is 0.229 e. The Bertz CT molecular complexity index is 1640. The van der Waals surface area contributed by atoms with E-state index in [9.17, 15) is 9.59 Å². The van der Waals surface area contributed by atoms with Crippen molar-refractivity contribution in [2.45, 2.75) is 37.0 Å². The molecule has 5 nitrogen and oxygen atoms in total. The summed E-state index contributed by atoms with van der Waals surface area (Å²) in [7, 11) is 1.64. The Morgan fingerprint density at radius 2 is 1.58 bits per heavy atom. The van der Waals surface area contributed by atoms with Crippen molar-refractivity contribution in [1.29, 1.82) is 0 Å². The summed E-state index contributed by atoms with van der Waals surface area (Å²) in [6, 6.07) is 37.5. The van der Waals surface area contributed by atoms with Gasteiger partial charge in [-0.05, 0) is 47.6 Å². The van der Waals surface area contributed by atoms with Gasteiger partial charge in [0.05, 0.1) is 18.9 Å². The van der Waals surface area contributed by atoms with Gasteiger partial charge >= 0.3 is 0 Å². The number of nitrogens with one attached hydrogen (secondary N) is 1. The molecule has 0 spiro atoms. The van der Waals surface area contributed by atoms with E-state index in [-0.39, 0.29) is 35.5 Å². The van der Waals surface area contributed by atoms with Gasteiger partial charge in [-0.2, -0.15) is 0 Å². The quantitative estimate of drug-likeness (QED) is 0.286. The van der Waals surface area contributed by atoms with Gasteiger partial charge in [-0.1, -0.05) is 103 Å². The SMILES string of the molecule is COc1ccccc1CC(=O)N1C[C@H]2[C@@]3(c4ccccc4)CC[C@H](c4ccccc43)[C@@]2(C(=O)NCCc2ccccc2)C1. The lowest BCUT2D eigenvalue weighted by Gasteiger charge is -2.60. The van der Waals surface area contributed by atoms with Gasteiger partial charge in [0.25, 0.3) is 0 Å². The number of ether oxygens (including phenoxy) is 1. The number of para-hydroxylation sites is 1. The third-order valence-corrected chi connectivity index (χ3v) is 10.5. The summed E-state index contributed by atoms with van der Waals surface area (Å²) in [5, 5.41) is 3.38. The van der Waals surface area contributed by atoms with Crippen molar-refractivity contribution in [3.05, 3.63) is 137 Å². The van der Waals surface area contributed by atoms with Gasteiger partial charge in [0.15, 0.2) is 0 Å². The summed E-state index contributed by atoms with van der Waals surface area (Å²) in [5.41, 5.74) is 4.85. The molecule has 4 aliphatic rings. The van der Waals surface area contributed by atoms with E-state index in [4.69, 9.17) is 4.74 Å². The molecule has 1 saturated heterocycles. The maximum absolute atomic E-state index is 14.7. The Hall–Kier alpha value is -4.38. The average molecular weight is 571 g/mol. The Kier molecular flexibility index (Phi) is 7.04. The van der Waals surface area contributed by atoms with Crippen molar-refractivity contribution in [1.82, 2.24) is 10.2 Å². The fourth-order valence-corrected chi connectivity index (χ4v) is 8.66. The number of hydrogen-bond donors (Lipinski definition) is 1. The Morgan fingerprint density at radius 3 is 2.37 bits per heavy atom. The van der Waals surface area contributed by atoms with Gasteiger partial charge in [0, 0.05) is 42.4 Å². The van der Waals surface area contributed by atoms with Gasteiger partial charge in [-0.25, -0.2) is 0 Å². The lowest BCUT2D eigenvalue weighted by molar-refractivity contribution is -0.139. The van der Waals surface area contributed by atoms with Gasteiger partial charge in [0.2, 0.25) is 11.8 Å². The molecular weight excluding hydrogens is 532 g/mol. The van der Waals surface area contributed by atoms with Gasteiger partial charge in [0.1, 0.15) is 5.75 Å². The fourth-order valence-electron chi connectivity index (χ4n) is 8.66. The molecule has 3 aliphatic carbocycles. The first-order chi connectivity index (χ1) is 21.1. The predicted octanol–water partition coefficient (Wildman–Crippen LogP) is 5.92. The number of methoxy groups -OCH3 is 1. The zero-order valence-electron chi connectivity index (χ0n) is 24.7. The summed E-state index contributed by atoms with van der Waals surface area (Å²) >= 11 is 0. The lowest BCUT2D eigenvalue weighted by atomic mass is 9.42. The number of amides is 2. The molecule has 218 valence electrons. The largest absolute Gasteiger partial charge is 0.496 e. The highest BCUT2D eigenvalue weighted by molar-refractivity contribution is 5.89. The number of rotatable bonds is 8. The molecule has 1 N–H and O–H groups in total. The highest BCUT2D eigenvalue weighted by Gasteiger charge is 2.70. The molecule has 0 unspecified atom stereocenters. The molecule has 2 fully saturated rings. The van der Waals surface area contributed by atoms with Crippen LogP contribution in [0.2, 0.25) is 0 Å². The fraction of sp³-hybridized carbons (Fsp3) is 0.316. The number of benzene rings is 4. The van der Waals surface area contributed by atoms with Crippen LogP contribution in [0.5, 0.6) is 5.75 Å². The second kappa shape index (κ2) is 11.0. The minimum atomic E-state index is -0.713. The molecule has 43 heavy (non-hydrogen) atoms. The van der Waals surface area contributed by atoms with Crippen LogP contribution in [-0.2, 0) is 27.8 Å². The van der Waals surface area contributed by atoms with Crippen LogP contribution in [0.25, 0.3) is 0 Å². The summed E-state index contributed by atoms with van der Waals surface area (Å²) in [5.74, 6) is 0.867. The maximum atomic E-state index is 14.7. The summed E-state index contributed by atoms with van der Waals surface area (Å²) < 4.78 is 5.57. The first-order valence-corrected chi connectivity index (χ1v) is 15.4. The molecule has 4 aromatic carbocycles. The zero-order valence-corrected chi connectivity index (χ0v) is 24.7. The van der Waals surface area contributed by atoms with Crippen molar-refractivity contribution < 1.29 is 14.3 Å². The summed E-state index contributed by atoms with van der Waals surface area (Å²) in [6.45, 7) is 1.55. The lowest BCUT2D eigenvalue weighted by Crippen LogP contribution is -2.62. The van der Waals surface area contributed by atoms with Crippen LogP contribution in [-0.4, -0.2) is 43.5 Å². The normalized spacial score (nSPS) is 25.1. The van der Waals surface area contributed by atoms with Crippen LogP contribution in [0.15, 0.2) is 109 Å². The average Bonchev–Trinajstić information content (AvgIpc) is 3.50. The van der Waals surface area contributed by atoms with Crippen molar-refractivity contribution in [2.75, 3.05) is 26.7 Å². The van der Waals surface area contributed by atoms with Crippen LogP contribution >= 0.6 is 0 Å². The van der Waals surface area contributed by atoms with E-state index in [0.717, 1.165) is 24.8 Å². The van der Waals surface area contributed by atoms with E-state index >= 15 is 0 Å². The molecule has 5 heteroatoms. The van der Waals surface area contributed by atoms with Crippen molar-refractivity contribution >= 4 is 11.8 Å².